The Morgan fingerprint density at radius 1 is 0.960 bits per heavy atom. The molecule has 0 saturated heterocycles. The Kier molecular flexibility index (Phi) is 4.28. The highest BCUT2D eigenvalue weighted by Crippen LogP contribution is 2.39. The number of nitrogens with zero attached hydrogens (tertiary/aromatic N) is 1. The van der Waals surface area contributed by atoms with Crippen LogP contribution in [-0.2, 0) is 0 Å². The molecule has 0 bridgehead atoms. The second-order valence-electron chi connectivity index (χ2n) is 6.95. The van der Waals surface area contributed by atoms with Crippen LogP contribution in [0.5, 0.6) is 0 Å². The number of fused-ring (bicyclic) bond motifs is 1. The molecule has 1 aliphatic rings. The van der Waals surface area contributed by atoms with Gasteiger partial charge in [-0.15, -0.1) is 11.3 Å². The summed E-state index contributed by atoms with van der Waals surface area (Å²) in [6.45, 7) is 2.22. The molecule has 1 aliphatic carbocycles. The highest BCUT2D eigenvalue weighted by Gasteiger charge is 2.24. The number of hydrogen-bond acceptors (Lipinski definition) is 2. The van der Waals surface area contributed by atoms with Gasteiger partial charge >= 0.3 is 0 Å². The lowest BCUT2D eigenvalue weighted by atomic mass is 9.79. The monoisotopic (exact) mass is 361 g/mol. The molecule has 130 valence electrons. The summed E-state index contributed by atoms with van der Waals surface area (Å²) in [4.78, 5) is 4.27. The van der Waals surface area contributed by atoms with E-state index in [0.29, 0.717) is 16.1 Å². The van der Waals surface area contributed by atoms with Crippen LogP contribution in [0.2, 0.25) is 0 Å². The van der Waals surface area contributed by atoms with E-state index < -0.39 is 11.6 Å². The average molecular weight is 361 g/mol. The van der Waals surface area contributed by atoms with Crippen LogP contribution in [0.4, 0.5) is 13.2 Å². The summed E-state index contributed by atoms with van der Waals surface area (Å²) in [7, 11) is 0. The van der Waals surface area contributed by atoms with E-state index in [0.717, 1.165) is 42.6 Å². The summed E-state index contributed by atoms with van der Waals surface area (Å²) in [6, 6.07) is 7.06. The van der Waals surface area contributed by atoms with Gasteiger partial charge in [-0.25, -0.2) is 18.2 Å². The zero-order valence-electron chi connectivity index (χ0n) is 13.9. The minimum Gasteiger partial charge on any atom is -0.236 e. The summed E-state index contributed by atoms with van der Waals surface area (Å²) in [6.07, 6.45) is 4.14. The van der Waals surface area contributed by atoms with Gasteiger partial charge in [0, 0.05) is 0 Å². The van der Waals surface area contributed by atoms with Gasteiger partial charge in [0.1, 0.15) is 22.5 Å². The maximum atomic E-state index is 14.7. The van der Waals surface area contributed by atoms with Crippen molar-refractivity contribution in [2.45, 2.75) is 38.5 Å². The molecule has 0 unspecified atom stereocenters. The highest BCUT2D eigenvalue weighted by atomic mass is 32.1. The van der Waals surface area contributed by atoms with Crippen molar-refractivity contribution in [3.8, 4) is 10.6 Å². The van der Waals surface area contributed by atoms with E-state index in [2.05, 4.69) is 11.9 Å². The van der Waals surface area contributed by atoms with Crippen molar-refractivity contribution in [3.63, 3.8) is 0 Å². The van der Waals surface area contributed by atoms with E-state index in [1.54, 1.807) is 0 Å². The summed E-state index contributed by atoms with van der Waals surface area (Å²) in [5.41, 5.74) is 1.16. The number of rotatable bonds is 2. The molecule has 0 atom stereocenters. The van der Waals surface area contributed by atoms with Crippen LogP contribution in [0.1, 0.15) is 44.1 Å². The fraction of sp³-hybridized carbons (Fsp3) is 0.350. The van der Waals surface area contributed by atoms with Gasteiger partial charge in [0.25, 0.3) is 0 Å². The van der Waals surface area contributed by atoms with Crippen LogP contribution in [-0.4, -0.2) is 4.98 Å². The molecule has 4 rings (SSSR count). The standard InChI is InChI=1S/C20H18F3NS/c1-11-2-4-12(5-3-11)13-8-15(22)19(16(23)9-13)20-24-17-7-6-14(21)10-18(17)25-20/h6-12H,2-5H2,1H3. The molecule has 5 heteroatoms. The van der Waals surface area contributed by atoms with Crippen molar-refractivity contribution in [2.24, 2.45) is 5.92 Å². The molecule has 2 aromatic carbocycles. The molecule has 1 heterocycles. The maximum absolute atomic E-state index is 14.7. The second-order valence-corrected chi connectivity index (χ2v) is 7.98. The maximum Gasteiger partial charge on any atom is 0.136 e. The summed E-state index contributed by atoms with van der Waals surface area (Å²) in [5, 5.41) is 0.249. The summed E-state index contributed by atoms with van der Waals surface area (Å²) < 4.78 is 43.3. The van der Waals surface area contributed by atoms with Gasteiger partial charge in [0.05, 0.1) is 15.8 Å². The smallest absolute Gasteiger partial charge is 0.136 e. The van der Waals surface area contributed by atoms with E-state index in [1.165, 1.54) is 30.3 Å². The van der Waals surface area contributed by atoms with E-state index >= 15 is 0 Å². The molecule has 1 saturated carbocycles. The topological polar surface area (TPSA) is 12.9 Å². The van der Waals surface area contributed by atoms with Gasteiger partial charge in [-0.2, -0.15) is 0 Å². The highest BCUT2D eigenvalue weighted by molar-refractivity contribution is 7.21. The Bertz CT molecular complexity index is 903. The molecule has 3 aromatic rings. The molecule has 25 heavy (non-hydrogen) atoms. The van der Waals surface area contributed by atoms with Gasteiger partial charge in [-0.1, -0.05) is 19.8 Å². The molecule has 0 N–H and O–H groups in total. The van der Waals surface area contributed by atoms with Crippen molar-refractivity contribution >= 4 is 21.6 Å². The fourth-order valence-electron chi connectivity index (χ4n) is 3.63. The zero-order chi connectivity index (χ0) is 17.6. The van der Waals surface area contributed by atoms with Gasteiger partial charge in [-0.3, -0.25) is 0 Å². The first kappa shape index (κ1) is 16.6. The first-order valence-electron chi connectivity index (χ1n) is 8.56. The minimum absolute atomic E-state index is 0.116. The van der Waals surface area contributed by atoms with Crippen LogP contribution in [0, 0.1) is 23.4 Å². The Hall–Kier alpha value is -1.88. The van der Waals surface area contributed by atoms with Crippen LogP contribution in [0.15, 0.2) is 30.3 Å². The summed E-state index contributed by atoms with van der Waals surface area (Å²) in [5.74, 6) is -0.654. The Labute approximate surface area is 148 Å². The number of thiazole rings is 1. The average Bonchev–Trinajstić information content (AvgIpc) is 2.97. The van der Waals surface area contributed by atoms with E-state index in [1.807, 2.05) is 0 Å². The predicted octanol–water partition coefficient (Wildman–Crippen LogP) is 6.67. The van der Waals surface area contributed by atoms with Gasteiger partial charge in [-0.05, 0) is 60.6 Å². The Morgan fingerprint density at radius 2 is 1.64 bits per heavy atom. The number of benzene rings is 2. The third-order valence-corrected chi connectivity index (χ3v) is 6.15. The SMILES string of the molecule is CC1CCC(c2cc(F)c(-c3nc4ccc(F)cc4s3)c(F)c2)CC1. The van der Waals surface area contributed by atoms with Gasteiger partial charge in [0.2, 0.25) is 0 Å². The van der Waals surface area contributed by atoms with Crippen molar-refractivity contribution in [2.75, 3.05) is 0 Å². The molecule has 0 spiro atoms. The summed E-state index contributed by atoms with van der Waals surface area (Å²) >= 11 is 1.10. The van der Waals surface area contributed by atoms with Crippen LogP contribution in [0.25, 0.3) is 20.8 Å². The third-order valence-electron chi connectivity index (χ3n) is 5.12. The van der Waals surface area contributed by atoms with Crippen molar-refractivity contribution in [1.29, 1.82) is 0 Å². The van der Waals surface area contributed by atoms with E-state index in [9.17, 15) is 13.2 Å². The first-order chi connectivity index (χ1) is 12.0. The van der Waals surface area contributed by atoms with E-state index in [-0.39, 0.29) is 22.3 Å². The third kappa shape index (κ3) is 3.17. The normalized spacial score (nSPS) is 21.0. The molecule has 0 amide bonds. The van der Waals surface area contributed by atoms with Crippen LogP contribution < -0.4 is 0 Å². The Morgan fingerprint density at radius 3 is 2.32 bits per heavy atom. The quantitative estimate of drug-likeness (QED) is 0.496. The predicted molar refractivity (Wildman–Crippen MR) is 95.3 cm³/mol. The van der Waals surface area contributed by atoms with Crippen LogP contribution >= 0.6 is 11.3 Å². The largest absolute Gasteiger partial charge is 0.236 e. The van der Waals surface area contributed by atoms with Crippen molar-refractivity contribution in [3.05, 3.63) is 53.3 Å². The van der Waals surface area contributed by atoms with Gasteiger partial charge < -0.3 is 0 Å². The lowest BCUT2D eigenvalue weighted by Crippen LogP contribution is -2.11. The van der Waals surface area contributed by atoms with Crippen LogP contribution in [0.3, 0.4) is 0 Å². The zero-order valence-corrected chi connectivity index (χ0v) is 14.7. The molecule has 1 aromatic heterocycles. The Balaban J connectivity index is 1.72. The lowest BCUT2D eigenvalue weighted by Gasteiger charge is -2.26. The molecule has 0 aliphatic heterocycles. The molecular weight excluding hydrogens is 343 g/mol. The molecule has 1 fully saturated rings. The molecule has 0 radical (unpaired) electrons. The number of hydrogen-bond donors (Lipinski definition) is 0. The fourth-order valence-corrected chi connectivity index (χ4v) is 4.67. The van der Waals surface area contributed by atoms with Crippen molar-refractivity contribution in [1.82, 2.24) is 4.98 Å². The second kappa shape index (κ2) is 6.45. The lowest BCUT2D eigenvalue weighted by molar-refractivity contribution is 0.346. The van der Waals surface area contributed by atoms with Gasteiger partial charge in [0.15, 0.2) is 0 Å². The van der Waals surface area contributed by atoms with E-state index in [4.69, 9.17) is 0 Å². The molecular formula is C20H18F3NS. The molecule has 1 nitrogen and oxygen atoms in total. The number of aromatic nitrogens is 1. The minimum atomic E-state index is -0.590. The number of halogens is 3. The van der Waals surface area contributed by atoms with Crippen molar-refractivity contribution < 1.29 is 13.2 Å². The first-order valence-corrected chi connectivity index (χ1v) is 9.38.